The fourth-order valence-corrected chi connectivity index (χ4v) is 3.55. The van der Waals surface area contributed by atoms with E-state index in [4.69, 9.17) is 9.84 Å². The Bertz CT molecular complexity index is 388. The lowest BCUT2D eigenvalue weighted by molar-refractivity contribution is -0.149. The van der Waals surface area contributed by atoms with Gasteiger partial charge in [0.2, 0.25) is 5.91 Å². The Hall–Kier alpha value is -1.10. The molecule has 21 heavy (non-hydrogen) atoms. The summed E-state index contributed by atoms with van der Waals surface area (Å²) in [6, 6.07) is 0. The molecule has 0 spiro atoms. The number of nitrogens with zero attached hydrogens (tertiary/aromatic N) is 1. The Morgan fingerprint density at radius 3 is 2.52 bits per heavy atom. The smallest absolute Gasteiger partial charge is 0.308 e. The Kier molecular flexibility index (Phi) is 5.25. The molecule has 0 aliphatic carbocycles. The van der Waals surface area contributed by atoms with Crippen LogP contribution in [0, 0.1) is 17.3 Å². The van der Waals surface area contributed by atoms with Crippen molar-refractivity contribution in [1.82, 2.24) is 4.90 Å². The number of carbonyl (C=O) groups is 2. The van der Waals surface area contributed by atoms with Crippen molar-refractivity contribution < 1.29 is 19.4 Å². The molecule has 0 aromatic heterocycles. The second kappa shape index (κ2) is 6.77. The molecule has 2 heterocycles. The van der Waals surface area contributed by atoms with E-state index in [9.17, 15) is 9.59 Å². The van der Waals surface area contributed by atoms with E-state index in [1.165, 1.54) is 0 Å². The SMILES string of the molecule is CC(C)(CC1CCOCC1)C(=O)N1CCC[C@@H](C(=O)O)C1. The van der Waals surface area contributed by atoms with Crippen molar-refractivity contribution in [2.24, 2.45) is 17.3 Å². The van der Waals surface area contributed by atoms with Crippen LogP contribution in [0.25, 0.3) is 0 Å². The van der Waals surface area contributed by atoms with Crippen molar-refractivity contribution in [3.05, 3.63) is 0 Å². The predicted octanol–water partition coefficient (Wildman–Crippen LogP) is 2.15. The van der Waals surface area contributed by atoms with Gasteiger partial charge in [-0.2, -0.15) is 0 Å². The van der Waals surface area contributed by atoms with Crippen molar-refractivity contribution in [2.45, 2.75) is 46.0 Å². The molecule has 2 fully saturated rings. The van der Waals surface area contributed by atoms with Gasteiger partial charge in [0.05, 0.1) is 5.92 Å². The molecule has 2 rings (SSSR count). The largest absolute Gasteiger partial charge is 0.481 e. The molecule has 0 aromatic carbocycles. The van der Waals surface area contributed by atoms with Gasteiger partial charge in [-0.15, -0.1) is 0 Å². The van der Waals surface area contributed by atoms with Gasteiger partial charge >= 0.3 is 5.97 Å². The molecule has 0 bridgehead atoms. The van der Waals surface area contributed by atoms with Crippen LogP contribution in [0.3, 0.4) is 0 Å². The fraction of sp³-hybridized carbons (Fsp3) is 0.875. The highest BCUT2D eigenvalue weighted by atomic mass is 16.5. The van der Waals surface area contributed by atoms with E-state index >= 15 is 0 Å². The number of ether oxygens (including phenoxy) is 1. The zero-order valence-corrected chi connectivity index (χ0v) is 13.1. The van der Waals surface area contributed by atoms with E-state index in [2.05, 4.69) is 0 Å². The van der Waals surface area contributed by atoms with Crippen molar-refractivity contribution in [3.63, 3.8) is 0 Å². The third-order valence-corrected chi connectivity index (χ3v) is 4.78. The lowest BCUT2D eigenvalue weighted by Crippen LogP contribution is -2.48. The van der Waals surface area contributed by atoms with Gasteiger partial charge in [-0.1, -0.05) is 13.8 Å². The summed E-state index contributed by atoms with van der Waals surface area (Å²) >= 11 is 0. The first-order valence-corrected chi connectivity index (χ1v) is 8.00. The van der Waals surface area contributed by atoms with Gasteiger partial charge in [-0.05, 0) is 38.0 Å². The van der Waals surface area contributed by atoms with Crippen LogP contribution in [-0.2, 0) is 14.3 Å². The van der Waals surface area contributed by atoms with Crippen LogP contribution < -0.4 is 0 Å². The summed E-state index contributed by atoms with van der Waals surface area (Å²) in [5, 5.41) is 9.15. The number of aliphatic carboxylic acids is 1. The maximum atomic E-state index is 12.8. The topological polar surface area (TPSA) is 66.8 Å². The van der Waals surface area contributed by atoms with Crippen LogP contribution in [0.15, 0.2) is 0 Å². The standard InChI is InChI=1S/C16H27NO4/c1-16(2,10-12-5-8-21-9-6-12)15(20)17-7-3-4-13(11-17)14(18)19/h12-13H,3-11H2,1-2H3,(H,18,19)/t13-/m1/s1. The number of carboxylic acids is 1. The van der Waals surface area contributed by atoms with Crippen LogP contribution in [0.2, 0.25) is 0 Å². The summed E-state index contributed by atoms with van der Waals surface area (Å²) in [4.78, 5) is 25.7. The molecule has 0 saturated carbocycles. The number of amides is 1. The highest BCUT2D eigenvalue weighted by Crippen LogP contribution is 2.33. The summed E-state index contributed by atoms with van der Waals surface area (Å²) < 4.78 is 5.37. The Labute approximate surface area is 126 Å². The summed E-state index contributed by atoms with van der Waals surface area (Å²) in [5.74, 6) is -0.533. The summed E-state index contributed by atoms with van der Waals surface area (Å²) in [6.07, 6.45) is 4.38. The van der Waals surface area contributed by atoms with E-state index in [1.54, 1.807) is 4.90 Å². The van der Waals surface area contributed by atoms with Crippen LogP contribution in [0.4, 0.5) is 0 Å². The summed E-state index contributed by atoms with van der Waals surface area (Å²) in [6.45, 7) is 6.63. The van der Waals surface area contributed by atoms with Crippen LogP contribution in [-0.4, -0.2) is 48.2 Å². The second-order valence-electron chi connectivity index (χ2n) is 7.07. The maximum Gasteiger partial charge on any atom is 0.308 e. The zero-order chi connectivity index (χ0) is 15.5. The van der Waals surface area contributed by atoms with Gasteiger partial charge in [0.25, 0.3) is 0 Å². The number of piperidine rings is 1. The van der Waals surface area contributed by atoms with Crippen molar-refractivity contribution in [1.29, 1.82) is 0 Å². The lowest BCUT2D eigenvalue weighted by atomic mass is 9.78. The quantitative estimate of drug-likeness (QED) is 0.863. The van der Waals surface area contributed by atoms with Crippen LogP contribution in [0.5, 0.6) is 0 Å². The van der Waals surface area contributed by atoms with Crippen molar-refractivity contribution in [3.8, 4) is 0 Å². The van der Waals surface area contributed by atoms with E-state index in [1.807, 2.05) is 13.8 Å². The van der Waals surface area contributed by atoms with Gasteiger partial charge in [0.1, 0.15) is 0 Å². The Balaban J connectivity index is 1.94. The molecular formula is C16H27NO4. The van der Waals surface area contributed by atoms with Crippen molar-refractivity contribution >= 4 is 11.9 Å². The molecular weight excluding hydrogens is 270 g/mol. The first-order valence-electron chi connectivity index (χ1n) is 8.00. The highest BCUT2D eigenvalue weighted by molar-refractivity contribution is 5.83. The molecule has 2 saturated heterocycles. The molecule has 5 nitrogen and oxygen atoms in total. The fourth-order valence-electron chi connectivity index (χ4n) is 3.55. The first kappa shape index (κ1) is 16.3. The number of carboxylic acid groups (broad SMARTS) is 1. The number of likely N-dealkylation sites (tertiary alicyclic amines) is 1. The third kappa shape index (κ3) is 4.19. The number of hydrogen-bond donors (Lipinski definition) is 1. The van der Waals surface area contributed by atoms with E-state index in [0.717, 1.165) is 38.9 Å². The highest BCUT2D eigenvalue weighted by Gasteiger charge is 2.37. The van der Waals surface area contributed by atoms with E-state index < -0.39 is 17.3 Å². The monoisotopic (exact) mass is 297 g/mol. The van der Waals surface area contributed by atoms with E-state index in [0.29, 0.717) is 25.4 Å². The third-order valence-electron chi connectivity index (χ3n) is 4.78. The Morgan fingerprint density at radius 2 is 1.90 bits per heavy atom. The average molecular weight is 297 g/mol. The minimum absolute atomic E-state index is 0.111. The van der Waals surface area contributed by atoms with Gasteiger partial charge in [0.15, 0.2) is 0 Å². The van der Waals surface area contributed by atoms with Gasteiger partial charge < -0.3 is 14.7 Å². The normalized spacial score (nSPS) is 24.9. The van der Waals surface area contributed by atoms with E-state index in [-0.39, 0.29) is 5.91 Å². The molecule has 0 radical (unpaired) electrons. The average Bonchev–Trinajstić information content (AvgIpc) is 2.47. The minimum Gasteiger partial charge on any atom is -0.481 e. The zero-order valence-electron chi connectivity index (χ0n) is 13.1. The molecule has 1 amide bonds. The summed E-state index contributed by atoms with van der Waals surface area (Å²) in [5.41, 5.74) is -0.414. The lowest BCUT2D eigenvalue weighted by Gasteiger charge is -2.38. The second-order valence-corrected chi connectivity index (χ2v) is 7.07. The van der Waals surface area contributed by atoms with Gasteiger partial charge in [0, 0.05) is 31.7 Å². The minimum atomic E-state index is -0.783. The summed E-state index contributed by atoms with van der Waals surface area (Å²) in [7, 11) is 0. The molecule has 5 heteroatoms. The maximum absolute atomic E-state index is 12.8. The molecule has 120 valence electrons. The number of carbonyl (C=O) groups excluding carboxylic acids is 1. The molecule has 1 atom stereocenters. The van der Waals surface area contributed by atoms with Gasteiger partial charge in [-0.25, -0.2) is 0 Å². The first-order chi connectivity index (χ1) is 9.90. The van der Waals surface area contributed by atoms with Crippen LogP contribution in [0.1, 0.15) is 46.0 Å². The number of hydrogen-bond acceptors (Lipinski definition) is 3. The Morgan fingerprint density at radius 1 is 1.24 bits per heavy atom. The molecule has 0 aromatic rings. The molecule has 1 N–H and O–H groups in total. The molecule has 2 aliphatic rings. The van der Waals surface area contributed by atoms with Gasteiger partial charge in [-0.3, -0.25) is 9.59 Å². The molecule has 2 aliphatic heterocycles. The number of rotatable bonds is 4. The van der Waals surface area contributed by atoms with Crippen molar-refractivity contribution in [2.75, 3.05) is 26.3 Å². The van der Waals surface area contributed by atoms with Crippen LogP contribution >= 0.6 is 0 Å². The molecule has 0 unspecified atom stereocenters. The predicted molar refractivity (Wildman–Crippen MR) is 78.9 cm³/mol.